The van der Waals surface area contributed by atoms with E-state index >= 15 is 0 Å². The third-order valence-electron chi connectivity index (χ3n) is 4.45. The monoisotopic (exact) mass is 407 g/mol. The molecule has 0 aromatic heterocycles. The second-order valence-corrected chi connectivity index (χ2v) is 7.29. The molecule has 1 fully saturated rings. The highest BCUT2D eigenvalue weighted by atomic mass is 19.1. The van der Waals surface area contributed by atoms with Crippen molar-refractivity contribution in [3.8, 4) is 0 Å². The number of rotatable bonds is 5. The lowest BCUT2D eigenvalue weighted by atomic mass is 9.97. The van der Waals surface area contributed by atoms with Crippen molar-refractivity contribution in [2.75, 3.05) is 13.1 Å². The largest absolute Gasteiger partial charge is 0.452 e. The van der Waals surface area contributed by atoms with Gasteiger partial charge in [-0.25, -0.2) is 9.18 Å². The van der Waals surface area contributed by atoms with E-state index in [-0.39, 0.29) is 18.5 Å². The van der Waals surface area contributed by atoms with E-state index < -0.39 is 35.7 Å². The van der Waals surface area contributed by atoms with E-state index in [4.69, 9.17) is 4.74 Å². The van der Waals surface area contributed by atoms with E-state index in [1.165, 1.54) is 36.1 Å². The number of piperidine rings is 1. The number of ether oxygens (including phenoxy) is 1. The number of halogens is 1. The molecular formula is C20H26FN3O5. The van der Waals surface area contributed by atoms with Gasteiger partial charge in [-0.3, -0.25) is 19.7 Å². The van der Waals surface area contributed by atoms with Crippen LogP contribution < -0.4 is 10.6 Å². The Bertz CT molecular complexity index is 766. The smallest absolute Gasteiger partial charge is 0.321 e. The van der Waals surface area contributed by atoms with E-state index in [0.29, 0.717) is 24.9 Å². The predicted molar refractivity (Wildman–Crippen MR) is 102 cm³/mol. The molecular weight excluding hydrogens is 381 g/mol. The Morgan fingerprint density at radius 2 is 1.79 bits per heavy atom. The van der Waals surface area contributed by atoms with Crippen LogP contribution in [0.15, 0.2) is 24.3 Å². The molecule has 4 amide bonds. The van der Waals surface area contributed by atoms with E-state index in [2.05, 4.69) is 10.6 Å². The van der Waals surface area contributed by atoms with Crippen LogP contribution in [0.25, 0.3) is 0 Å². The molecule has 1 aliphatic heterocycles. The van der Waals surface area contributed by atoms with Gasteiger partial charge >= 0.3 is 12.0 Å². The number of nitrogens with one attached hydrogen (secondary N) is 2. The summed E-state index contributed by atoms with van der Waals surface area (Å²) in [5.41, 5.74) is 0.337. The highest BCUT2D eigenvalue weighted by Gasteiger charge is 2.32. The number of hydrogen-bond donors (Lipinski definition) is 2. The average Bonchev–Trinajstić information content (AvgIpc) is 2.67. The van der Waals surface area contributed by atoms with Crippen LogP contribution in [0.5, 0.6) is 0 Å². The molecule has 0 aliphatic carbocycles. The normalized spacial score (nSPS) is 17.4. The lowest BCUT2D eigenvalue weighted by Gasteiger charge is -2.32. The molecule has 2 rings (SSSR count). The summed E-state index contributed by atoms with van der Waals surface area (Å²) in [6.07, 6.45) is -0.0262. The van der Waals surface area contributed by atoms with Crippen LogP contribution in [0.3, 0.4) is 0 Å². The van der Waals surface area contributed by atoms with Crippen LogP contribution >= 0.6 is 0 Å². The van der Waals surface area contributed by atoms with Crippen LogP contribution in [0.2, 0.25) is 0 Å². The maximum atomic E-state index is 13.0. The van der Waals surface area contributed by atoms with Crippen LogP contribution in [-0.4, -0.2) is 54.0 Å². The molecule has 158 valence electrons. The summed E-state index contributed by atoms with van der Waals surface area (Å²) in [6, 6.07) is 4.40. The van der Waals surface area contributed by atoms with Crippen LogP contribution in [-0.2, 0) is 14.3 Å². The number of benzene rings is 1. The van der Waals surface area contributed by atoms with E-state index in [1.54, 1.807) is 13.8 Å². The molecule has 1 aromatic carbocycles. The predicted octanol–water partition coefficient (Wildman–Crippen LogP) is 1.84. The Morgan fingerprint density at radius 1 is 1.14 bits per heavy atom. The van der Waals surface area contributed by atoms with Gasteiger partial charge in [0, 0.05) is 24.7 Å². The van der Waals surface area contributed by atoms with Crippen molar-refractivity contribution < 1.29 is 28.3 Å². The molecule has 0 saturated carbocycles. The minimum absolute atomic E-state index is 0.146. The topological polar surface area (TPSA) is 105 Å². The maximum Gasteiger partial charge on any atom is 0.321 e. The maximum absolute atomic E-state index is 13.0. The van der Waals surface area contributed by atoms with Crippen molar-refractivity contribution >= 4 is 23.8 Å². The molecule has 1 aliphatic rings. The number of urea groups is 1. The van der Waals surface area contributed by atoms with Crippen LogP contribution in [0, 0.1) is 11.7 Å². The minimum atomic E-state index is -1.15. The molecule has 1 heterocycles. The Hall–Kier alpha value is -2.97. The molecule has 29 heavy (non-hydrogen) atoms. The lowest BCUT2D eigenvalue weighted by Crippen LogP contribution is -2.48. The first kappa shape index (κ1) is 22.3. The standard InChI is InChI=1S/C20H26FN3O5/c1-12(2)22-20(28)23-17(25)13(3)29-19(27)15-5-4-10-24(11-15)18(26)14-6-8-16(21)9-7-14/h6-9,12-13,15H,4-5,10-11H2,1-3H3,(H2,22,23,25,28). The van der Waals surface area contributed by atoms with E-state index in [1.807, 2.05) is 0 Å². The van der Waals surface area contributed by atoms with Crippen molar-refractivity contribution in [2.45, 2.75) is 45.8 Å². The lowest BCUT2D eigenvalue weighted by molar-refractivity contribution is -0.159. The Morgan fingerprint density at radius 3 is 2.41 bits per heavy atom. The zero-order valence-corrected chi connectivity index (χ0v) is 16.7. The number of nitrogens with zero attached hydrogens (tertiary/aromatic N) is 1. The summed E-state index contributed by atoms with van der Waals surface area (Å²) in [7, 11) is 0. The molecule has 9 heteroatoms. The fourth-order valence-corrected chi connectivity index (χ4v) is 2.96. The van der Waals surface area contributed by atoms with Crippen LogP contribution in [0.4, 0.5) is 9.18 Å². The summed E-state index contributed by atoms with van der Waals surface area (Å²) in [4.78, 5) is 50.1. The number of carbonyl (C=O) groups excluding carboxylic acids is 4. The van der Waals surface area contributed by atoms with Gasteiger partial charge in [0.15, 0.2) is 6.10 Å². The highest BCUT2D eigenvalue weighted by molar-refractivity contribution is 5.97. The molecule has 2 unspecified atom stereocenters. The van der Waals surface area contributed by atoms with Gasteiger partial charge in [-0.05, 0) is 57.9 Å². The minimum Gasteiger partial charge on any atom is -0.452 e. The number of likely N-dealkylation sites (tertiary alicyclic amines) is 1. The second-order valence-electron chi connectivity index (χ2n) is 7.29. The van der Waals surface area contributed by atoms with Crippen LogP contribution in [0.1, 0.15) is 44.0 Å². The molecule has 1 aromatic rings. The van der Waals surface area contributed by atoms with Crippen molar-refractivity contribution in [3.63, 3.8) is 0 Å². The average molecular weight is 407 g/mol. The van der Waals surface area contributed by atoms with Crippen molar-refractivity contribution in [1.82, 2.24) is 15.5 Å². The molecule has 0 spiro atoms. The fraction of sp³-hybridized carbons (Fsp3) is 0.500. The SMILES string of the molecule is CC(C)NC(=O)NC(=O)C(C)OC(=O)C1CCCN(C(=O)c2ccc(F)cc2)C1. The van der Waals surface area contributed by atoms with Gasteiger partial charge in [-0.1, -0.05) is 0 Å². The molecule has 0 bridgehead atoms. The van der Waals surface area contributed by atoms with Gasteiger partial charge in [0.2, 0.25) is 0 Å². The zero-order valence-electron chi connectivity index (χ0n) is 16.7. The highest BCUT2D eigenvalue weighted by Crippen LogP contribution is 2.20. The first-order valence-electron chi connectivity index (χ1n) is 9.54. The number of amides is 4. The quantitative estimate of drug-likeness (QED) is 0.725. The number of carbonyl (C=O) groups is 4. The van der Waals surface area contributed by atoms with Crippen molar-refractivity contribution in [2.24, 2.45) is 5.92 Å². The summed E-state index contributed by atoms with van der Waals surface area (Å²) >= 11 is 0. The first-order valence-corrected chi connectivity index (χ1v) is 9.54. The van der Waals surface area contributed by atoms with Gasteiger partial charge in [0.05, 0.1) is 5.92 Å². The van der Waals surface area contributed by atoms with Gasteiger partial charge in [0.25, 0.3) is 11.8 Å². The van der Waals surface area contributed by atoms with Gasteiger partial charge < -0.3 is 15.0 Å². The Kier molecular flexibility index (Phi) is 7.69. The van der Waals surface area contributed by atoms with Gasteiger partial charge in [-0.15, -0.1) is 0 Å². The third-order valence-corrected chi connectivity index (χ3v) is 4.45. The van der Waals surface area contributed by atoms with E-state index in [0.717, 1.165) is 0 Å². The summed E-state index contributed by atoms with van der Waals surface area (Å²) < 4.78 is 18.2. The zero-order chi connectivity index (χ0) is 21.6. The van der Waals surface area contributed by atoms with Gasteiger partial charge in [0.1, 0.15) is 5.82 Å². The fourth-order valence-electron chi connectivity index (χ4n) is 2.96. The second kappa shape index (κ2) is 9.99. The molecule has 2 N–H and O–H groups in total. The Balaban J connectivity index is 1.90. The number of imide groups is 1. The molecule has 8 nitrogen and oxygen atoms in total. The molecule has 1 saturated heterocycles. The summed E-state index contributed by atoms with van der Waals surface area (Å²) in [5, 5.41) is 4.61. The Labute approximate surface area is 168 Å². The summed E-state index contributed by atoms with van der Waals surface area (Å²) in [6.45, 7) is 5.49. The number of hydrogen-bond acceptors (Lipinski definition) is 5. The molecule has 2 atom stereocenters. The van der Waals surface area contributed by atoms with Crippen molar-refractivity contribution in [3.05, 3.63) is 35.6 Å². The first-order chi connectivity index (χ1) is 13.7. The molecule has 0 radical (unpaired) electrons. The van der Waals surface area contributed by atoms with E-state index in [9.17, 15) is 23.6 Å². The van der Waals surface area contributed by atoms with Crippen molar-refractivity contribution in [1.29, 1.82) is 0 Å². The third kappa shape index (κ3) is 6.55. The van der Waals surface area contributed by atoms with Gasteiger partial charge in [-0.2, -0.15) is 0 Å². The number of esters is 1. The summed E-state index contributed by atoms with van der Waals surface area (Å²) in [5.74, 6) is -2.64.